The second-order valence-electron chi connectivity index (χ2n) is 4.56. The van der Waals surface area contributed by atoms with E-state index >= 15 is 0 Å². The molecule has 3 nitrogen and oxygen atoms in total. The van der Waals surface area contributed by atoms with Crippen LogP contribution in [0.25, 0.3) is 0 Å². The van der Waals surface area contributed by atoms with E-state index in [1.165, 1.54) is 12.1 Å². The topological polar surface area (TPSA) is 24.5 Å². The number of morpholine rings is 1. The van der Waals surface area contributed by atoms with Crippen molar-refractivity contribution in [1.82, 2.24) is 10.2 Å². The third-order valence-corrected chi connectivity index (χ3v) is 2.98. The molecule has 2 rings (SSSR count). The van der Waals surface area contributed by atoms with Crippen molar-refractivity contribution >= 4 is 0 Å². The smallest absolute Gasteiger partial charge is 0.126 e. The Morgan fingerprint density at radius 3 is 2.72 bits per heavy atom. The van der Waals surface area contributed by atoms with Gasteiger partial charge in [0, 0.05) is 32.2 Å². The summed E-state index contributed by atoms with van der Waals surface area (Å²) < 4.78 is 31.8. The molecule has 0 saturated carbocycles. The molecule has 1 saturated heterocycles. The minimum absolute atomic E-state index is 0.141. The van der Waals surface area contributed by atoms with Crippen molar-refractivity contribution in [2.24, 2.45) is 0 Å². The monoisotopic (exact) mass is 256 g/mol. The Morgan fingerprint density at radius 2 is 2.06 bits per heavy atom. The van der Waals surface area contributed by atoms with Gasteiger partial charge in [0.05, 0.1) is 12.7 Å². The molecular weight excluding hydrogens is 238 g/mol. The summed E-state index contributed by atoms with van der Waals surface area (Å²) >= 11 is 0. The van der Waals surface area contributed by atoms with Gasteiger partial charge in [-0.05, 0) is 24.7 Å². The van der Waals surface area contributed by atoms with Gasteiger partial charge in [0.25, 0.3) is 0 Å². The van der Waals surface area contributed by atoms with Crippen LogP contribution in [0.1, 0.15) is 5.56 Å². The summed E-state index contributed by atoms with van der Waals surface area (Å²) in [5.74, 6) is -1.05. The number of benzene rings is 1. The Labute approximate surface area is 106 Å². The molecular formula is C13H18F2N2O. The highest BCUT2D eigenvalue weighted by Crippen LogP contribution is 2.13. The highest BCUT2D eigenvalue weighted by atomic mass is 19.1. The van der Waals surface area contributed by atoms with Gasteiger partial charge in [-0.25, -0.2) is 8.78 Å². The molecule has 0 aromatic heterocycles. The van der Waals surface area contributed by atoms with Crippen molar-refractivity contribution in [1.29, 1.82) is 0 Å². The molecule has 1 N–H and O–H groups in total. The molecule has 1 aromatic carbocycles. The number of nitrogens with one attached hydrogen (secondary N) is 1. The maximum Gasteiger partial charge on any atom is 0.126 e. The zero-order chi connectivity index (χ0) is 13.0. The van der Waals surface area contributed by atoms with E-state index in [9.17, 15) is 8.78 Å². The van der Waals surface area contributed by atoms with E-state index in [1.807, 2.05) is 7.05 Å². The first-order valence-electron chi connectivity index (χ1n) is 6.11. The molecule has 1 aliphatic rings. The SMILES string of the molecule is CNCC1CN(Cc2cc(F)cc(F)c2)CCO1. The zero-order valence-electron chi connectivity index (χ0n) is 10.5. The lowest BCUT2D eigenvalue weighted by molar-refractivity contribution is -0.0291. The maximum absolute atomic E-state index is 13.1. The summed E-state index contributed by atoms with van der Waals surface area (Å²) in [6.07, 6.45) is 0.141. The highest BCUT2D eigenvalue weighted by Gasteiger charge is 2.20. The number of ether oxygens (including phenoxy) is 1. The number of nitrogens with zero attached hydrogens (tertiary/aromatic N) is 1. The molecule has 0 aliphatic carbocycles. The van der Waals surface area contributed by atoms with Crippen molar-refractivity contribution < 1.29 is 13.5 Å². The van der Waals surface area contributed by atoms with Gasteiger partial charge in [0.1, 0.15) is 11.6 Å². The third-order valence-electron chi connectivity index (χ3n) is 2.98. The molecule has 100 valence electrons. The van der Waals surface area contributed by atoms with E-state index in [4.69, 9.17) is 4.74 Å². The average Bonchev–Trinajstić information content (AvgIpc) is 2.28. The Morgan fingerprint density at radius 1 is 1.33 bits per heavy atom. The van der Waals surface area contributed by atoms with Gasteiger partial charge < -0.3 is 10.1 Å². The van der Waals surface area contributed by atoms with Gasteiger partial charge in [-0.15, -0.1) is 0 Å². The Bertz CT molecular complexity index is 378. The highest BCUT2D eigenvalue weighted by molar-refractivity contribution is 5.17. The van der Waals surface area contributed by atoms with Crippen LogP contribution in [0.4, 0.5) is 8.78 Å². The summed E-state index contributed by atoms with van der Waals surface area (Å²) in [6.45, 7) is 3.56. The van der Waals surface area contributed by atoms with Gasteiger partial charge in [-0.3, -0.25) is 4.90 Å². The lowest BCUT2D eigenvalue weighted by Gasteiger charge is -2.32. The third kappa shape index (κ3) is 3.73. The van der Waals surface area contributed by atoms with Crippen LogP contribution in [0.3, 0.4) is 0 Å². The second-order valence-corrected chi connectivity index (χ2v) is 4.56. The largest absolute Gasteiger partial charge is 0.374 e. The van der Waals surface area contributed by atoms with Crippen LogP contribution in [0.15, 0.2) is 18.2 Å². The fourth-order valence-corrected chi connectivity index (χ4v) is 2.24. The first-order chi connectivity index (χ1) is 8.67. The average molecular weight is 256 g/mol. The number of hydrogen-bond donors (Lipinski definition) is 1. The van der Waals surface area contributed by atoms with Crippen LogP contribution in [-0.4, -0.2) is 44.3 Å². The number of likely N-dealkylation sites (N-methyl/N-ethyl adjacent to an activating group) is 1. The van der Waals surface area contributed by atoms with E-state index in [1.54, 1.807) is 0 Å². The van der Waals surface area contributed by atoms with Crippen LogP contribution >= 0.6 is 0 Å². The van der Waals surface area contributed by atoms with Crippen molar-refractivity contribution in [3.05, 3.63) is 35.4 Å². The van der Waals surface area contributed by atoms with Gasteiger partial charge in [-0.2, -0.15) is 0 Å². The van der Waals surface area contributed by atoms with Gasteiger partial charge in [0.15, 0.2) is 0 Å². The van der Waals surface area contributed by atoms with E-state index in [0.29, 0.717) is 18.7 Å². The summed E-state index contributed by atoms with van der Waals surface area (Å²) in [5, 5.41) is 3.07. The summed E-state index contributed by atoms with van der Waals surface area (Å²) in [6, 6.07) is 3.66. The van der Waals surface area contributed by atoms with Crippen LogP contribution in [-0.2, 0) is 11.3 Å². The quantitative estimate of drug-likeness (QED) is 0.881. The minimum Gasteiger partial charge on any atom is -0.374 e. The normalized spacial score (nSPS) is 21.2. The molecule has 0 amide bonds. The van der Waals surface area contributed by atoms with E-state index < -0.39 is 11.6 Å². The molecule has 1 heterocycles. The summed E-state index contributed by atoms with van der Waals surface area (Å²) in [4.78, 5) is 2.15. The Balaban J connectivity index is 1.95. The molecule has 1 unspecified atom stereocenters. The van der Waals surface area contributed by atoms with Crippen molar-refractivity contribution in [3.8, 4) is 0 Å². The molecule has 0 radical (unpaired) electrons. The van der Waals surface area contributed by atoms with Crippen molar-refractivity contribution in [3.63, 3.8) is 0 Å². The summed E-state index contributed by atoms with van der Waals surface area (Å²) in [5.41, 5.74) is 0.664. The molecule has 5 heteroatoms. The Kier molecular flexibility index (Phi) is 4.63. The molecule has 1 aromatic rings. The predicted molar refractivity (Wildman–Crippen MR) is 65.3 cm³/mol. The first-order valence-corrected chi connectivity index (χ1v) is 6.11. The van der Waals surface area contributed by atoms with Crippen molar-refractivity contribution in [2.75, 3.05) is 33.3 Å². The minimum atomic E-state index is -0.523. The van der Waals surface area contributed by atoms with Gasteiger partial charge >= 0.3 is 0 Å². The van der Waals surface area contributed by atoms with Crippen LogP contribution in [0, 0.1) is 11.6 Å². The molecule has 1 atom stereocenters. The van der Waals surface area contributed by atoms with Crippen LogP contribution in [0.2, 0.25) is 0 Å². The first kappa shape index (κ1) is 13.4. The lowest BCUT2D eigenvalue weighted by atomic mass is 10.1. The fraction of sp³-hybridized carbons (Fsp3) is 0.538. The maximum atomic E-state index is 13.1. The number of rotatable bonds is 4. The standard InChI is InChI=1S/C13H18F2N2O/c1-16-7-13-9-17(2-3-18-13)8-10-4-11(14)6-12(15)5-10/h4-6,13,16H,2-3,7-9H2,1H3. The predicted octanol–water partition coefficient (Wildman–Crippen LogP) is 1.38. The molecule has 1 fully saturated rings. The number of hydrogen-bond acceptors (Lipinski definition) is 3. The van der Waals surface area contributed by atoms with E-state index in [0.717, 1.165) is 25.7 Å². The Hall–Kier alpha value is -1.04. The van der Waals surface area contributed by atoms with Crippen molar-refractivity contribution in [2.45, 2.75) is 12.6 Å². The van der Waals surface area contributed by atoms with Gasteiger partial charge in [-0.1, -0.05) is 0 Å². The van der Waals surface area contributed by atoms with E-state index in [-0.39, 0.29) is 6.10 Å². The second kappa shape index (κ2) is 6.22. The molecule has 1 aliphatic heterocycles. The zero-order valence-corrected chi connectivity index (χ0v) is 10.5. The van der Waals surface area contributed by atoms with Gasteiger partial charge in [0.2, 0.25) is 0 Å². The molecule has 0 spiro atoms. The fourth-order valence-electron chi connectivity index (χ4n) is 2.24. The van der Waals surface area contributed by atoms with Crippen LogP contribution < -0.4 is 5.32 Å². The van der Waals surface area contributed by atoms with E-state index in [2.05, 4.69) is 10.2 Å². The summed E-state index contributed by atoms with van der Waals surface area (Å²) in [7, 11) is 1.88. The number of halogens is 2. The molecule has 18 heavy (non-hydrogen) atoms. The molecule has 0 bridgehead atoms. The van der Waals surface area contributed by atoms with Crippen LogP contribution in [0.5, 0.6) is 0 Å². The lowest BCUT2D eigenvalue weighted by Crippen LogP contribution is -2.45.